The van der Waals surface area contributed by atoms with Crippen LogP contribution in [-0.2, 0) is 14.3 Å². The molecule has 2 bridgehead atoms. The van der Waals surface area contributed by atoms with Crippen molar-refractivity contribution in [1.29, 1.82) is 0 Å². The van der Waals surface area contributed by atoms with Gasteiger partial charge >= 0.3 is 5.97 Å². The van der Waals surface area contributed by atoms with Crippen LogP contribution in [0.15, 0.2) is 58.1 Å². The minimum atomic E-state index is -0.403. The standard InChI is InChI=1S/C24H20N2O5/c1-30-24(29)13-4-2-12(3-5-13)19-9-6-14(31-19)11-25-26-22(27)20-15-7-8-16(18-10-17(15)18)21(20)23(26)28/h2-9,11,15-18,20-21H,10H2,1H3/b25-11-/t15-,16-,17-,18+,20+,21+/m1/s1. The van der Waals surface area contributed by atoms with Gasteiger partial charge in [-0.1, -0.05) is 24.3 Å². The molecule has 6 atom stereocenters. The first-order chi connectivity index (χ1) is 15.1. The summed E-state index contributed by atoms with van der Waals surface area (Å²) in [6.07, 6.45) is 6.83. The molecule has 0 radical (unpaired) electrons. The highest BCUT2D eigenvalue weighted by Gasteiger charge is 2.67. The molecule has 156 valence electrons. The van der Waals surface area contributed by atoms with Gasteiger partial charge in [-0.3, -0.25) is 9.59 Å². The van der Waals surface area contributed by atoms with E-state index in [1.807, 2.05) is 0 Å². The molecule has 0 unspecified atom stereocenters. The fraction of sp³-hybridized carbons (Fsp3) is 0.333. The fourth-order valence-corrected chi connectivity index (χ4v) is 5.64. The van der Waals surface area contributed by atoms with Gasteiger partial charge in [0, 0.05) is 5.56 Å². The molecule has 31 heavy (non-hydrogen) atoms. The second-order valence-electron chi connectivity index (χ2n) is 8.66. The zero-order valence-electron chi connectivity index (χ0n) is 16.8. The highest BCUT2D eigenvalue weighted by molar-refractivity contribution is 6.06. The lowest BCUT2D eigenvalue weighted by Gasteiger charge is -2.37. The van der Waals surface area contributed by atoms with Crippen LogP contribution in [0.3, 0.4) is 0 Å². The third kappa shape index (κ3) is 2.65. The largest absolute Gasteiger partial charge is 0.465 e. The number of hydrogen-bond donors (Lipinski definition) is 0. The van der Waals surface area contributed by atoms with Gasteiger partial charge in [-0.2, -0.15) is 10.1 Å². The monoisotopic (exact) mass is 416 g/mol. The summed E-state index contributed by atoms with van der Waals surface area (Å²) in [4.78, 5) is 37.5. The first kappa shape index (κ1) is 18.3. The Bertz CT molecular complexity index is 1120. The van der Waals surface area contributed by atoms with E-state index in [9.17, 15) is 14.4 Å². The summed E-state index contributed by atoms with van der Waals surface area (Å²) in [5, 5.41) is 5.24. The Hall–Kier alpha value is -3.48. The van der Waals surface area contributed by atoms with Crippen molar-refractivity contribution in [3.05, 3.63) is 59.9 Å². The van der Waals surface area contributed by atoms with Gasteiger partial charge in [0.05, 0.1) is 30.7 Å². The van der Waals surface area contributed by atoms with E-state index in [2.05, 4.69) is 17.3 Å². The van der Waals surface area contributed by atoms with Crippen molar-refractivity contribution in [2.45, 2.75) is 6.42 Å². The Labute approximate surface area is 178 Å². The fourth-order valence-electron chi connectivity index (χ4n) is 5.64. The Morgan fingerprint density at radius 2 is 1.68 bits per heavy atom. The second-order valence-corrected chi connectivity index (χ2v) is 8.66. The Morgan fingerprint density at radius 3 is 2.29 bits per heavy atom. The summed E-state index contributed by atoms with van der Waals surface area (Å²) in [5.41, 5.74) is 1.24. The SMILES string of the molecule is COC(=O)c1ccc(-c2ccc(/C=N\N3C(=O)[C@H]4[C@@H]5C=C[C@H]([C@@H]6C[C@H]56)[C@@H]4C3=O)o2)cc1. The van der Waals surface area contributed by atoms with Crippen LogP contribution < -0.4 is 0 Å². The number of esters is 1. The number of methoxy groups -OCH3 is 1. The molecule has 2 amide bonds. The van der Waals surface area contributed by atoms with Crippen LogP contribution in [0.25, 0.3) is 11.3 Å². The molecule has 5 aliphatic rings. The molecule has 7 rings (SSSR count). The van der Waals surface area contributed by atoms with Crippen LogP contribution in [0, 0.1) is 35.5 Å². The lowest BCUT2D eigenvalue weighted by atomic mass is 9.63. The van der Waals surface area contributed by atoms with Crippen molar-refractivity contribution in [2.75, 3.05) is 7.11 Å². The number of furan rings is 1. The lowest BCUT2D eigenvalue weighted by molar-refractivity contribution is -0.140. The maximum absolute atomic E-state index is 13.0. The first-order valence-electron chi connectivity index (χ1n) is 10.5. The molecule has 7 heteroatoms. The summed E-state index contributed by atoms with van der Waals surface area (Å²) in [7, 11) is 1.34. The molecule has 2 saturated carbocycles. The molecule has 1 aliphatic heterocycles. The molecule has 7 nitrogen and oxygen atoms in total. The quantitative estimate of drug-likeness (QED) is 0.331. The zero-order chi connectivity index (χ0) is 21.3. The molecular weight excluding hydrogens is 396 g/mol. The van der Waals surface area contributed by atoms with E-state index in [1.165, 1.54) is 13.3 Å². The highest BCUT2D eigenvalue weighted by Crippen LogP contribution is 2.65. The number of carbonyl (C=O) groups is 3. The molecule has 0 N–H and O–H groups in total. The molecule has 0 spiro atoms. The molecular formula is C24H20N2O5. The molecule has 2 aromatic rings. The average molecular weight is 416 g/mol. The lowest BCUT2D eigenvalue weighted by Crippen LogP contribution is -2.40. The summed E-state index contributed by atoms with van der Waals surface area (Å²) in [6.45, 7) is 0. The Kier molecular flexibility index (Phi) is 3.84. The van der Waals surface area contributed by atoms with E-state index < -0.39 is 5.97 Å². The third-order valence-corrected chi connectivity index (χ3v) is 7.16. The van der Waals surface area contributed by atoms with Crippen LogP contribution >= 0.6 is 0 Å². The number of benzene rings is 1. The third-order valence-electron chi connectivity index (χ3n) is 7.16. The van der Waals surface area contributed by atoms with Crippen LogP contribution in [-0.4, -0.2) is 36.1 Å². The van der Waals surface area contributed by atoms with Crippen molar-refractivity contribution >= 4 is 24.0 Å². The van der Waals surface area contributed by atoms with Gasteiger partial charge in [0.25, 0.3) is 11.8 Å². The number of amides is 2. The van der Waals surface area contributed by atoms with E-state index in [4.69, 9.17) is 9.15 Å². The van der Waals surface area contributed by atoms with Gasteiger partial charge in [0.2, 0.25) is 0 Å². The number of hydrazone groups is 1. The maximum atomic E-state index is 13.0. The van der Waals surface area contributed by atoms with Crippen LogP contribution in [0.5, 0.6) is 0 Å². The van der Waals surface area contributed by atoms with E-state index >= 15 is 0 Å². The number of ether oxygens (including phenoxy) is 1. The summed E-state index contributed by atoms with van der Waals surface area (Å²) >= 11 is 0. The molecule has 1 aromatic heterocycles. The number of hydrogen-bond acceptors (Lipinski definition) is 6. The molecule has 1 aromatic carbocycles. The molecule has 1 saturated heterocycles. The van der Waals surface area contributed by atoms with Crippen molar-refractivity contribution in [1.82, 2.24) is 5.01 Å². The van der Waals surface area contributed by atoms with Gasteiger partial charge in [0.1, 0.15) is 11.5 Å². The predicted octanol–water partition coefficient (Wildman–Crippen LogP) is 3.12. The van der Waals surface area contributed by atoms with Gasteiger partial charge in [-0.15, -0.1) is 0 Å². The van der Waals surface area contributed by atoms with Crippen LogP contribution in [0.4, 0.5) is 0 Å². The topological polar surface area (TPSA) is 89.2 Å². The minimum Gasteiger partial charge on any atom is -0.465 e. The van der Waals surface area contributed by atoms with Crippen LogP contribution in [0.2, 0.25) is 0 Å². The Balaban J connectivity index is 1.20. The van der Waals surface area contributed by atoms with E-state index in [-0.39, 0.29) is 35.5 Å². The number of imide groups is 1. The van der Waals surface area contributed by atoms with Gasteiger partial charge in [-0.05, 0) is 54.4 Å². The molecule has 4 aliphatic carbocycles. The molecule has 3 fully saturated rings. The summed E-state index contributed by atoms with van der Waals surface area (Å²) < 4.78 is 10.5. The number of carbonyl (C=O) groups excluding carboxylic acids is 3. The van der Waals surface area contributed by atoms with Crippen molar-refractivity contribution < 1.29 is 23.5 Å². The van der Waals surface area contributed by atoms with E-state index in [1.54, 1.807) is 36.4 Å². The average Bonchev–Trinajstić information content (AvgIpc) is 3.44. The van der Waals surface area contributed by atoms with Gasteiger partial charge in [-0.25, -0.2) is 4.79 Å². The highest BCUT2D eigenvalue weighted by atomic mass is 16.5. The Morgan fingerprint density at radius 1 is 1.03 bits per heavy atom. The number of rotatable bonds is 4. The molecule has 2 heterocycles. The second kappa shape index (κ2) is 6.51. The van der Waals surface area contributed by atoms with Crippen molar-refractivity contribution in [2.24, 2.45) is 40.6 Å². The van der Waals surface area contributed by atoms with Crippen LogP contribution in [0.1, 0.15) is 22.5 Å². The first-order valence-corrected chi connectivity index (χ1v) is 10.5. The normalized spacial score (nSPS) is 32.5. The number of nitrogens with zero attached hydrogens (tertiary/aromatic N) is 2. The number of allylic oxidation sites excluding steroid dienone is 2. The summed E-state index contributed by atoms with van der Waals surface area (Å²) in [5.74, 6) is 1.21. The van der Waals surface area contributed by atoms with Crippen molar-refractivity contribution in [3.63, 3.8) is 0 Å². The summed E-state index contributed by atoms with van der Waals surface area (Å²) in [6, 6.07) is 10.4. The zero-order valence-corrected chi connectivity index (χ0v) is 16.8. The minimum absolute atomic E-state index is 0.180. The van der Waals surface area contributed by atoms with Crippen molar-refractivity contribution in [3.8, 4) is 11.3 Å². The smallest absolute Gasteiger partial charge is 0.337 e. The van der Waals surface area contributed by atoms with E-state index in [0.29, 0.717) is 28.9 Å². The van der Waals surface area contributed by atoms with E-state index in [0.717, 1.165) is 17.0 Å². The van der Waals surface area contributed by atoms with Gasteiger partial charge < -0.3 is 9.15 Å². The predicted molar refractivity (Wildman–Crippen MR) is 110 cm³/mol. The van der Waals surface area contributed by atoms with Gasteiger partial charge in [0.15, 0.2) is 0 Å². The maximum Gasteiger partial charge on any atom is 0.337 e.